The van der Waals surface area contributed by atoms with Crippen LogP contribution in [0.4, 0.5) is 5.69 Å². The van der Waals surface area contributed by atoms with Crippen molar-refractivity contribution >= 4 is 40.4 Å². The van der Waals surface area contributed by atoms with Crippen LogP contribution >= 0.6 is 22.9 Å². The zero-order chi connectivity index (χ0) is 19.9. The lowest BCUT2D eigenvalue weighted by atomic mass is 10.1. The number of nitrogens with one attached hydrogen (secondary N) is 2. The lowest BCUT2D eigenvalue weighted by Gasteiger charge is -2.08. The molecule has 0 aliphatic carbocycles. The number of amides is 2. The predicted molar refractivity (Wildman–Crippen MR) is 108 cm³/mol. The topological polar surface area (TPSA) is 93.2 Å². The highest BCUT2D eigenvalue weighted by Gasteiger charge is 2.14. The first kappa shape index (κ1) is 19.9. The van der Waals surface area contributed by atoms with Crippen molar-refractivity contribution in [2.45, 2.75) is 13.2 Å². The van der Waals surface area contributed by atoms with Gasteiger partial charge in [-0.15, -0.1) is 10.2 Å². The monoisotopic (exact) mass is 416 g/mol. The molecule has 1 aromatic heterocycles. The van der Waals surface area contributed by atoms with Gasteiger partial charge in [-0.05, 0) is 29.8 Å². The van der Waals surface area contributed by atoms with Crippen molar-refractivity contribution in [2.75, 3.05) is 12.4 Å². The number of carbonyl (C=O) groups excluding carboxylic acids is 2. The Labute approximate surface area is 170 Å². The quantitative estimate of drug-likeness (QED) is 0.614. The molecule has 0 atom stereocenters. The highest BCUT2D eigenvalue weighted by molar-refractivity contribution is 7.13. The van der Waals surface area contributed by atoms with E-state index in [2.05, 4.69) is 20.8 Å². The Morgan fingerprint density at radius 3 is 2.71 bits per heavy atom. The molecule has 7 nitrogen and oxygen atoms in total. The first-order chi connectivity index (χ1) is 13.6. The highest BCUT2D eigenvalue weighted by Crippen LogP contribution is 2.17. The average molecular weight is 417 g/mol. The van der Waals surface area contributed by atoms with Gasteiger partial charge in [-0.25, -0.2) is 0 Å². The molecule has 9 heteroatoms. The molecule has 0 bridgehead atoms. The summed E-state index contributed by atoms with van der Waals surface area (Å²) in [6, 6.07) is 13.9. The second-order valence-corrected chi connectivity index (χ2v) is 7.21. The lowest BCUT2D eigenvalue weighted by molar-refractivity contribution is 0.0949. The van der Waals surface area contributed by atoms with Gasteiger partial charge >= 0.3 is 0 Å². The number of aromatic nitrogens is 2. The van der Waals surface area contributed by atoms with Gasteiger partial charge in [-0.1, -0.05) is 47.2 Å². The van der Waals surface area contributed by atoms with Crippen molar-refractivity contribution in [1.29, 1.82) is 0 Å². The number of benzene rings is 2. The van der Waals surface area contributed by atoms with E-state index in [9.17, 15) is 9.59 Å². The van der Waals surface area contributed by atoms with Gasteiger partial charge < -0.3 is 15.4 Å². The minimum absolute atomic E-state index is 0.223. The molecular weight excluding hydrogens is 400 g/mol. The molecule has 0 radical (unpaired) electrons. The van der Waals surface area contributed by atoms with Gasteiger partial charge in [-0.3, -0.25) is 9.59 Å². The highest BCUT2D eigenvalue weighted by atomic mass is 35.5. The van der Waals surface area contributed by atoms with Gasteiger partial charge in [-0.2, -0.15) is 0 Å². The van der Waals surface area contributed by atoms with E-state index in [1.54, 1.807) is 37.4 Å². The Hall–Kier alpha value is -2.81. The first-order valence-corrected chi connectivity index (χ1v) is 9.50. The van der Waals surface area contributed by atoms with Gasteiger partial charge in [0, 0.05) is 29.9 Å². The fourth-order valence-corrected chi connectivity index (χ4v) is 3.28. The number of carbonyl (C=O) groups is 2. The molecule has 0 saturated carbocycles. The summed E-state index contributed by atoms with van der Waals surface area (Å²) in [5.74, 6) is -0.664. The molecule has 3 aromatic rings. The Bertz CT molecular complexity index is 993. The van der Waals surface area contributed by atoms with Crippen LogP contribution in [0, 0.1) is 0 Å². The van der Waals surface area contributed by atoms with Crippen LogP contribution < -0.4 is 10.6 Å². The largest absolute Gasteiger partial charge is 0.377 e. The van der Waals surface area contributed by atoms with Crippen LogP contribution in [-0.4, -0.2) is 29.1 Å². The third-order valence-electron chi connectivity index (χ3n) is 3.71. The summed E-state index contributed by atoms with van der Waals surface area (Å²) >= 11 is 7.25. The van der Waals surface area contributed by atoms with E-state index in [4.69, 9.17) is 16.3 Å². The van der Waals surface area contributed by atoms with E-state index in [1.807, 2.05) is 18.2 Å². The van der Waals surface area contributed by atoms with Crippen LogP contribution in [0.3, 0.4) is 0 Å². The van der Waals surface area contributed by atoms with E-state index in [0.717, 1.165) is 16.9 Å². The molecule has 0 spiro atoms. The molecular formula is C19H17ClN4O3S. The molecule has 0 unspecified atom stereocenters. The van der Waals surface area contributed by atoms with E-state index >= 15 is 0 Å². The molecule has 1 heterocycles. The lowest BCUT2D eigenvalue weighted by Crippen LogP contribution is -2.23. The number of anilines is 1. The van der Waals surface area contributed by atoms with Crippen molar-refractivity contribution in [3.05, 3.63) is 74.7 Å². The Balaban J connectivity index is 1.63. The molecule has 144 valence electrons. The fraction of sp³-hybridized carbons (Fsp3) is 0.158. The predicted octanol–water partition coefficient (Wildman–Crippen LogP) is 3.52. The summed E-state index contributed by atoms with van der Waals surface area (Å²) in [6.07, 6.45) is 0. The second-order valence-electron chi connectivity index (χ2n) is 5.74. The number of methoxy groups -OCH3 is 1. The van der Waals surface area contributed by atoms with Gasteiger partial charge in [0.2, 0.25) is 5.01 Å². The molecule has 0 aliphatic rings. The molecule has 2 N–H and O–H groups in total. The SMILES string of the molecule is COCc1nnc(C(=O)Nc2cccc(C(=O)NCc3ccccc3Cl)c2)s1. The maximum Gasteiger partial charge on any atom is 0.286 e. The molecule has 0 fully saturated rings. The maximum atomic E-state index is 12.4. The number of rotatable bonds is 7. The minimum atomic E-state index is -0.395. The van der Waals surface area contributed by atoms with Gasteiger partial charge in [0.25, 0.3) is 11.8 Å². The number of hydrogen-bond donors (Lipinski definition) is 2. The maximum absolute atomic E-state index is 12.4. The molecule has 2 amide bonds. The van der Waals surface area contributed by atoms with Crippen molar-refractivity contribution in [3.8, 4) is 0 Å². The molecule has 0 saturated heterocycles. The van der Waals surface area contributed by atoms with Crippen molar-refractivity contribution in [3.63, 3.8) is 0 Å². The normalized spacial score (nSPS) is 10.5. The number of halogens is 1. The van der Waals surface area contributed by atoms with E-state index in [0.29, 0.717) is 34.4 Å². The molecule has 2 aromatic carbocycles. The Kier molecular flexibility index (Phi) is 6.70. The van der Waals surface area contributed by atoms with E-state index in [1.165, 1.54) is 0 Å². The van der Waals surface area contributed by atoms with Crippen LogP contribution in [-0.2, 0) is 17.9 Å². The van der Waals surface area contributed by atoms with Crippen molar-refractivity contribution in [2.24, 2.45) is 0 Å². The third kappa shape index (κ3) is 5.13. The van der Waals surface area contributed by atoms with E-state index in [-0.39, 0.29) is 10.9 Å². The van der Waals surface area contributed by atoms with Crippen molar-refractivity contribution in [1.82, 2.24) is 15.5 Å². The van der Waals surface area contributed by atoms with Crippen LogP contribution in [0.15, 0.2) is 48.5 Å². The van der Waals surface area contributed by atoms with Crippen LogP contribution in [0.25, 0.3) is 0 Å². The zero-order valence-electron chi connectivity index (χ0n) is 14.9. The number of hydrogen-bond acceptors (Lipinski definition) is 6. The standard InChI is InChI=1S/C19H17ClN4O3S/c1-27-11-16-23-24-19(28-16)18(26)22-14-7-4-6-12(9-14)17(25)21-10-13-5-2-3-8-15(13)20/h2-9H,10-11H2,1H3,(H,21,25)(H,22,26). The zero-order valence-corrected chi connectivity index (χ0v) is 16.5. The van der Waals surface area contributed by atoms with Gasteiger partial charge in [0.05, 0.1) is 6.61 Å². The smallest absolute Gasteiger partial charge is 0.286 e. The summed E-state index contributed by atoms with van der Waals surface area (Å²) < 4.78 is 4.97. The molecule has 3 rings (SSSR count). The van der Waals surface area contributed by atoms with E-state index < -0.39 is 5.91 Å². The first-order valence-electron chi connectivity index (χ1n) is 8.31. The fourth-order valence-electron chi connectivity index (χ4n) is 2.37. The third-order valence-corrected chi connectivity index (χ3v) is 4.97. The summed E-state index contributed by atoms with van der Waals surface area (Å²) in [5, 5.41) is 14.7. The van der Waals surface area contributed by atoms with Crippen LogP contribution in [0.2, 0.25) is 5.02 Å². The van der Waals surface area contributed by atoms with Crippen molar-refractivity contribution < 1.29 is 14.3 Å². The van der Waals surface area contributed by atoms with Gasteiger partial charge in [0.15, 0.2) is 0 Å². The van der Waals surface area contributed by atoms with Crippen LogP contribution in [0.5, 0.6) is 0 Å². The number of nitrogens with zero attached hydrogens (tertiary/aromatic N) is 2. The minimum Gasteiger partial charge on any atom is -0.377 e. The summed E-state index contributed by atoms with van der Waals surface area (Å²) in [6.45, 7) is 0.605. The number of ether oxygens (including phenoxy) is 1. The Morgan fingerprint density at radius 2 is 1.93 bits per heavy atom. The van der Waals surface area contributed by atoms with Gasteiger partial charge in [0.1, 0.15) is 5.01 Å². The summed E-state index contributed by atoms with van der Waals surface area (Å²) in [7, 11) is 1.55. The second kappa shape index (κ2) is 9.41. The summed E-state index contributed by atoms with van der Waals surface area (Å²) in [5.41, 5.74) is 1.73. The molecule has 0 aliphatic heterocycles. The average Bonchev–Trinajstić information content (AvgIpc) is 3.16. The molecule has 28 heavy (non-hydrogen) atoms. The van der Waals surface area contributed by atoms with Crippen LogP contribution in [0.1, 0.15) is 30.7 Å². The summed E-state index contributed by atoms with van der Waals surface area (Å²) in [4.78, 5) is 24.7. The Morgan fingerprint density at radius 1 is 1.11 bits per heavy atom.